The van der Waals surface area contributed by atoms with Crippen LogP contribution >= 0.6 is 0 Å². The number of rotatable bonds is 7. The maximum Gasteiger partial charge on any atom is 0.337 e. The van der Waals surface area contributed by atoms with Crippen LogP contribution in [0.15, 0.2) is 0 Å². The average molecular weight is 232 g/mol. The van der Waals surface area contributed by atoms with Crippen LogP contribution in [-0.2, 0) is 9.59 Å². The van der Waals surface area contributed by atoms with Crippen LogP contribution in [0.2, 0.25) is 0 Å². The van der Waals surface area contributed by atoms with Crippen molar-refractivity contribution in [3.8, 4) is 0 Å². The predicted octanol–water partition coefficient (Wildman–Crippen LogP) is -0.674. The smallest absolute Gasteiger partial charge is 0.337 e. The molecule has 0 spiro atoms. The Bertz CT molecular complexity index is 253. The third-order valence-corrected chi connectivity index (χ3v) is 2.13. The highest BCUT2D eigenvalue weighted by Gasteiger charge is 2.30. The summed E-state index contributed by atoms with van der Waals surface area (Å²) >= 11 is 0. The second kappa shape index (κ2) is 6.44. The van der Waals surface area contributed by atoms with Crippen molar-refractivity contribution in [1.29, 1.82) is 0 Å². The standard InChI is InChI=1S/C10H20N2O4/c1-4-11-7(2)5-8(13)12-6-10(3,16)9(14)15/h7,11,16H,4-6H2,1-3H3,(H,12,13)(H,14,15). The number of carboxylic acids is 1. The first kappa shape index (κ1) is 14.9. The van der Waals surface area contributed by atoms with Crippen LogP contribution in [0.3, 0.4) is 0 Å². The molecule has 0 heterocycles. The predicted molar refractivity (Wildman–Crippen MR) is 59.0 cm³/mol. The van der Waals surface area contributed by atoms with Crippen LogP contribution in [0, 0.1) is 0 Å². The van der Waals surface area contributed by atoms with E-state index in [9.17, 15) is 14.7 Å². The molecule has 0 aliphatic carbocycles. The van der Waals surface area contributed by atoms with E-state index in [0.29, 0.717) is 0 Å². The molecule has 0 aromatic rings. The van der Waals surface area contributed by atoms with Crippen molar-refractivity contribution in [2.24, 2.45) is 0 Å². The SMILES string of the molecule is CCNC(C)CC(=O)NCC(C)(O)C(=O)O. The molecular weight excluding hydrogens is 212 g/mol. The lowest BCUT2D eigenvalue weighted by atomic mass is 10.1. The molecule has 0 radical (unpaired) electrons. The highest BCUT2D eigenvalue weighted by atomic mass is 16.4. The number of aliphatic hydroxyl groups is 1. The molecule has 0 saturated heterocycles. The zero-order valence-corrected chi connectivity index (χ0v) is 9.91. The quantitative estimate of drug-likeness (QED) is 0.466. The normalized spacial score (nSPS) is 16.2. The van der Waals surface area contributed by atoms with Gasteiger partial charge < -0.3 is 20.8 Å². The highest BCUT2D eigenvalue weighted by molar-refractivity contribution is 5.80. The van der Waals surface area contributed by atoms with E-state index in [2.05, 4.69) is 10.6 Å². The first-order valence-electron chi connectivity index (χ1n) is 5.25. The van der Waals surface area contributed by atoms with Gasteiger partial charge in [-0.3, -0.25) is 4.79 Å². The summed E-state index contributed by atoms with van der Waals surface area (Å²) in [4.78, 5) is 21.9. The molecule has 6 heteroatoms. The van der Waals surface area contributed by atoms with Crippen molar-refractivity contribution < 1.29 is 19.8 Å². The number of hydrogen-bond donors (Lipinski definition) is 4. The zero-order chi connectivity index (χ0) is 12.8. The minimum atomic E-state index is -1.92. The molecule has 1 amide bonds. The van der Waals surface area contributed by atoms with E-state index in [4.69, 9.17) is 5.11 Å². The molecule has 0 fully saturated rings. The third kappa shape index (κ3) is 5.67. The summed E-state index contributed by atoms with van der Waals surface area (Å²) in [5, 5.41) is 23.4. The maximum atomic E-state index is 11.3. The Morgan fingerprint density at radius 1 is 1.44 bits per heavy atom. The Labute approximate surface area is 95.0 Å². The van der Waals surface area contributed by atoms with Gasteiger partial charge in [-0.15, -0.1) is 0 Å². The molecule has 94 valence electrons. The van der Waals surface area contributed by atoms with Gasteiger partial charge >= 0.3 is 5.97 Å². The summed E-state index contributed by atoms with van der Waals surface area (Å²) in [5.74, 6) is -1.64. The van der Waals surface area contributed by atoms with Crippen LogP contribution in [0.1, 0.15) is 27.2 Å². The fourth-order valence-electron chi connectivity index (χ4n) is 1.12. The van der Waals surface area contributed by atoms with Gasteiger partial charge in [-0.1, -0.05) is 6.92 Å². The summed E-state index contributed by atoms with van der Waals surface area (Å²) in [6.45, 7) is 5.41. The van der Waals surface area contributed by atoms with Gasteiger partial charge in [0, 0.05) is 12.5 Å². The summed E-state index contributed by atoms with van der Waals surface area (Å²) in [7, 11) is 0. The van der Waals surface area contributed by atoms with Crippen LogP contribution in [0.25, 0.3) is 0 Å². The lowest BCUT2D eigenvalue weighted by Gasteiger charge is -2.19. The van der Waals surface area contributed by atoms with Gasteiger partial charge in [0.25, 0.3) is 0 Å². The molecule has 0 saturated carbocycles. The molecule has 0 bridgehead atoms. The Balaban J connectivity index is 3.94. The Morgan fingerprint density at radius 2 is 2.00 bits per heavy atom. The second-order valence-electron chi connectivity index (χ2n) is 4.02. The number of aliphatic carboxylic acids is 1. The number of carboxylic acid groups (broad SMARTS) is 1. The third-order valence-electron chi connectivity index (χ3n) is 2.13. The summed E-state index contributed by atoms with van der Waals surface area (Å²) in [6, 6.07) is 0.0276. The molecule has 2 unspecified atom stereocenters. The van der Waals surface area contributed by atoms with Crippen molar-refractivity contribution in [2.45, 2.75) is 38.8 Å². The maximum absolute atomic E-state index is 11.3. The van der Waals surface area contributed by atoms with E-state index >= 15 is 0 Å². The molecule has 4 N–H and O–H groups in total. The average Bonchev–Trinajstić information content (AvgIpc) is 2.15. The van der Waals surface area contributed by atoms with Gasteiger partial charge in [0.2, 0.25) is 5.91 Å². The first-order chi connectivity index (χ1) is 7.29. The van der Waals surface area contributed by atoms with Crippen molar-refractivity contribution in [3.05, 3.63) is 0 Å². The van der Waals surface area contributed by atoms with Crippen LogP contribution in [0.5, 0.6) is 0 Å². The van der Waals surface area contributed by atoms with E-state index in [0.717, 1.165) is 13.5 Å². The molecule has 0 aromatic heterocycles. The van der Waals surface area contributed by atoms with E-state index in [1.165, 1.54) is 0 Å². The highest BCUT2D eigenvalue weighted by Crippen LogP contribution is 2.01. The van der Waals surface area contributed by atoms with E-state index < -0.39 is 11.6 Å². The second-order valence-corrected chi connectivity index (χ2v) is 4.02. The topological polar surface area (TPSA) is 98.7 Å². The number of hydrogen-bond acceptors (Lipinski definition) is 4. The van der Waals surface area contributed by atoms with E-state index in [1.54, 1.807) is 0 Å². The fourth-order valence-corrected chi connectivity index (χ4v) is 1.12. The number of amides is 1. The number of carbonyl (C=O) groups excluding carboxylic acids is 1. The molecule has 0 rings (SSSR count). The minimum absolute atomic E-state index is 0.0276. The summed E-state index contributed by atoms with van der Waals surface area (Å²) in [5.41, 5.74) is -1.92. The Kier molecular flexibility index (Phi) is 5.98. The summed E-state index contributed by atoms with van der Waals surface area (Å²) in [6.07, 6.45) is 0.254. The fraction of sp³-hybridized carbons (Fsp3) is 0.800. The van der Waals surface area contributed by atoms with Crippen LogP contribution in [0.4, 0.5) is 0 Å². The molecular formula is C10H20N2O4. The molecule has 0 aliphatic heterocycles. The van der Waals surface area contributed by atoms with E-state index in [1.807, 2.05) is 13.8 Å². The van der Waals surface area contributed by atoms with Gasteiger partial charge in [0.15, 0.2) is 5.60 Å². The lowest BCUT2D eigenvalue weighted by molar-refractivity contribution is -0.156. The zero-order valence-electron chi connectivity index (χ0n) is 9.91. The Hall–Kier alpha value is -1.14. The molecule has 6 nitrogen and oxygen atoms in total. The van der Waals surface area contributed by atoms with Gasteiger partial charge in [0.05, 0.1) is 6.54 Å². The van der Waals surface area contributed by atoms with Gasteiger partial charge in [-0.05, 0) is 20.4 Å². The molecule has 16 heavy (non-hydrogen) atoms. The molecule has 0 aliphatic rings. The lowest BCUT2D eigenvalue weighted by Crippen LogP contribution is -2.47. The van der Waals surface area contributed by atoms with Crippen molar-refractivity contribution >= 4 is 11.9 Å². The van der Waals surface area contributed by atoms with Crippen molar-refractivity contribution in [1.82, 2.24) is 10.6 Å². The molecule has 2 atom stereocenters. The van der Waals surface area contributed by atoms with Crippen molar-refractivity contribution in [3.63, 3.8) is 0 Å². The monoisotopic (exact) mass is 232 g/mol. The largest absolute Gasteiger partial charge is 0.479 e. The van der Waals surface area contributed by atoms with Crippen LogP contribution in [-0.4, -0.2) is 46.8 Å². The molecule has 0 aromatic carbocycles. The van der Waals surface area contributed by atoms with Gasteiger partial charge in [0.1, 0.15) is 0 Å². The van der Waals surface area contributed by atoms with Gasteiger partial charge in [-0.2, -0.15) is 0 Å². The van der Waals surface area contributed by atoms with E-state index in [-0.39, 0.29) is 24.9 Å². The minimum Gasteiger partial charge on any atom is -0.479 e. The van der Waals surface area contributed by atoms with Crippen LogP contribution < -0.4 is 10.6 Å². The van der Waals surface area contributed by atoms with Crippen molar-refractivity contribution in [2.75, 3.05) is 13.1 Å². The first-order valence-corrected chi connectivity index (χ1v) is 5.25. The Morgan fingerprint density at radius 3 is 2.44 bits per heavy atom. The number of carbonyl (C=O) groups is 2. The van der Waals surface area contributed by atoms with Gasteiger partial charge in [-0.25, -0.2) is 4.79 Å². The summed E-state index contributed by atoms with van der Waals surface area (Å²) < 4.78 is 0. The number of nitrogens with one attached hydrogen (secondary N) is 2.